The van der Waals surface area contributed by atoms with E-state index >= 15 is 0 Å². The van der Waals surface area contributed by atoms with Crippen molar-refractivity contribution >= 4 is 12.0 Å². The summed E-state index contributed by atoms with van der Waals surface area (Å²) >= 11 is 0. The average Bonchev–Trinajstić information content (AvgIpc) is 3.44. The molecule has 1 aromatic carbocycles. The van der Waals surface area contributed by atoms with Gasteiger partial charge in [-0.1, -0.05) is 13.0 Å². The van der Waals surface area contributed by atoms with Gasteiger partial charge < -0.3 is 14.2 Å². The zero-order valence-corrected chi connectivity index (χ0v) is 19.7. The molecule has 5 nitrogen and oxygen atoms in total. The SMILES string of the molecule is COc1cc(/C=C2\CC[C@H]3CC[C@@H](C4=C(F)C(C)CC(F)=C4)N3C2=O)ccc1-n1cnc(C)c1. The highest BCUT2D eigenvalue weighted by Crippen LogP contribution is 2.42. The van der Waals surface area contributed by atoms with Gasteiger partial charge in [0.1, 0.15) is 17.4 Å². The number of halogens is 2. The van der Waals surface area contributed by atoms with Gasteiger partial charge in [-0.05, 0) is 62.5 Å². The standard InChI is InChI=1S/C27H29F2N3O2/c1-16-10-20(28)13-22(26(16)29)23-9-7-21-6-5-19(27(33)32(21)23)11-18-4-8-24(25(12-18)34-3)31-14-17(2)30-15-31/h4,8,11-16,21,23H,5-7,9-10H2,1-3H3/b19-11+/t16?,21-,23-/m0/s1. The molecule has 1 aliphatic carbocycles. The van der Waals surface area contributed by atoms with Crippen LogP contribution in [0.3, 0.4) is 0 Å². The maximum absolute atomic E-state index is 15.0. The molecule has 7 heteroatoms. The van der Waals surface area contributed by atoms with E-state index in [1.54, 1.807) is 25.3 Å². The monoisotopic (exact) mass is 465 g/mol. The van der Waals surface area contributed by atoms with Crippen molar-refractivity contribution in [2.75, 3.05) is 7.11 Å². The fraction of sp³-hybridized carbons (Fsp3) is 0.407. The van der Waals surface area contributed by atoms with Gasteiger partial charge in [0, 0.05) is 35.7 Å². The number of fused-ring (bicyclic) bond motifs is 1. The molecule has 1 unspecified atom stereocenters. The van der Waals surface area contributed by atoms with E-state index in [2.05, 4.69) is 4.98 Å². The normalized spacial score (nSPS) is 26.2. The highest BCUT2D eigenvalue weighted by molar-refractivity contribution is 5.99. The lowest BCUT2D eigenvalue weighted by Crippen LogP contribution is -2.46. The number of rotatable bonds is 4. The second-order valence-electron chi connectivity index (χ2n) is 9.52. The number of aryl methyl sites for hydroxylation is 1. The first-order chi connectivity index (χ1) is 16.4. The molecule has 1 aromatic heterocycles. The average molecular weight is 466 g/mol. The van der Waals surface area contributed by atoms with E-state index in [0.29, 0.717) is 29.7 Å². The van der Waals surface area contributed by atoms with E-state index in [0.717, 1.165) is 29.8 Å². The second-order valence-corrected chi connectivity index (χ2v) is 9.52. The summed E-state index contributed by atoms with van der Waals surface area (Å²) in [5, 5.41) is 0. The van der Waals surface area contributed by atoms with Crippen molar-refractivity contribution < 1.29 is 18.3 Å². The van der Waals surface area contributed by atoms with E-state index in [4.69, 9.17) is 4.74 Å². The predicted octanol–water partition coefficient (Wildman–Crippen LogP) is 5.84. The van der Waals surface area contributed by atoms with Crippen LogP contribution in [0.15, 0.2) is 59.6 Å². The summed E-state index contributed by atoms with van der Waals surface area (Å²) in [6.45, 7) is 3.62. The van der Waals surface area contributed by atoms with Crippen molar-refractivity contribution in [3.8, 4) is 11.4 Å². The van der Waals surface area contributed by atoms with Gasteiger partial charge in [0.15, 0.2) is 0 Å². The molecule has 3 heterocycles. The van der Waals surface area contributed by atoms with Crippen LogP contribution in [0.25, 0.3) is 11.8 Å². The van der Waals surface area contributed by atoms with Gasteiger partial charge in [0.25, 0.3) is 5.91 Å². The number of benzene rings is 1. The van der Waals surface area contributed by atoms with Crippen LogP contribution in [0, 0.1) is 12.8 Å². The molecule has 2 fully saturated rings. The van der Waals surface area contributed by atoms with Crippen molar-refractivity contribution in [3.63, 3.8) is 0 Å². The molecule has 0 spiro atoms. The predicted molar refractivity (Wildman–Crippen MR) is 127 cm³/mol. The Morgan fingerprint density at radius 3 is 2.76 bits per heavy atom. The van der Waals surface area contributed by atoms with Gasteiger partial charge in [-0.3, -0.25) is 4.79 Å². The van der Waals surface area contributed by atoms with Gasteiger partial charge in [-0.25, -0.2) is 13.8 Å². The molecule has 2 aromatic rings. The lowest BCUT2D eigenvalue weighted by Gasteiger charge is -2.37. The van der Waals surface area contributed by atoms with E-state index in [1.807, 2.05) is 42.0 Å². The molecule has 0 N–H and O–H groups in total. The topological polar surface area (TPSA) is 47.4 Å². The molecule has 2 aliphatic heterocycles. The molecule has 1 amide bonds. The summed E-state index contributed by atoms with van der Waals surface area (Å²) < 4.78 is 36.6. The first-order valence-corrected chi connectivity index (χ1v) is 11.8. The Bertz CT molecular complexity index is 1230. The van der Waals surface area contributed by atoms with Gasteiger partial charge >= 0.3 is 0 Å². The van der Waals surface area contributed by atoms with Crippen LogP contribution in [0.4, 0.5) is 8.78 Å². The molecule has 0 saturated carbocycles. The van der Waals surface area contributed by atoms with Crippen LogP contribution < -0.4 is 4.74 Å². The molecule has 3 atom stereocenters. The van der Waals surface area contributed by atoms with Gasteiger partial charge in [0.2, 0.25) is 0 Å². The third kappa shape index (κ3) is 3.97. The molecule has 5 rings (SSSR count). The number of piperidine rings is 1. The van der Waals surface area contributed by atoms with E-state index in [-0.39, 0.29) is 30.0 Å². The summed E-state index contributed by atoms with van der Waals surface area (Å²) in [7, 11) is 1.62. The Balaban J connectivity index is 1.44. The van der Waals surface area contributed by atoms with Crippen LogP contribution in [-0.4, -0.2) is 39.6 Å². The van der Waals surface area contributed by atoms with Crippen molar-refractivity contribution in [2.24, 2.45) is 5.92 Å². The van der Waals surface area contributed by atoms with Gasteiger partial charge in [-0.2, -0.15) is 0 Å². The first-order valence-electron chi connectivity index (χ1n) is 11.8. The Labute approximate surface area is 198 Å². The largest absolute Gasteiger partial charge is 0.495 e. The van der Waals surface area contributed by atoms with Gasteiger partial charge in [-0.15, -0.1) is 0 Å². The summed E-state index contributed by atoms with van der Waals surface area (Å²) in [6.07, 6.45) is 9.92. The quantitative estimate of drug-likeness (QED) is 0.533. The van der Waals surface area contributed by atoms with E-state index in [9.17, 15) is 13.6 Å². The number of carbonyl (C=O) groups excluding carboxylic acids is 1. The minimum atomic E-state index is -0.487. The molecular formula is C27H29F2N3O2. The van der Waals surface area contributed by atoms with Crippen LogP contribution in [-0.2, 0) is 4.79 Å². The number of imidazole rings is 1. The summed E-state index contributed by atoms with van der Waals surface area (Å²) in [4.78, 5) is 19.6. The highest BCUT2D eigenvalue weighted by Gasteiger charge is 2.43. The summed E-state index contributed by atoms with van der Waals surface area (Å²) in [5.41, 5.74) is 3.66. The Morgan fingerprint density at radius 2 is 2.03 bits per heavy atom. The maximum Gasteiger partial charge on any atom is 0.250 e. The maximum atomic E-state index is 15.0. The van der Waals surface area contributed by atoms with Crippen LogP contribution in [0.2, 0.25) is 0 Å². The van der Waals surface area contributed by atoms with Crippen LogP contribution in [0.1, 0.15) is 50.3 Å². The van der Waals surface area contributed by atoms with E-state index < -0.39 is 12.0 Å². The number of hydrogen-bond acceptors (Lipinski definition) is 3. The molecule has 3 aliphatic rings. The number of aromatic nitrogens is 2. The lowest BCUT2D eigenvalue weighted by atomic mass is 9.90. The third-order valence-electron chi connectivity index (χ3n) is 7.17. The number of amides is 1. The number of carbonyl (C=O) groups is 1. The second kappa shape index (κ2) is 8.85. The molecular weight excluding hydrogens is 436 g/mol. The number of hydrogen-bond donors (Lipinski definition) is 0. The number of allylic oxidation sites excluding steroid dienone is 2. The number of methoxy groups -OCH3 is 1. The van der Waals surface area contributed by atoms with E-state index in [1.165, 1.54) is 6.08 Å². The Morgan fingerprint density at radius 1 is 1.21 bits per heavy atom. The van der Waals surface area contributed by atoms with Crippen LogP contribution >= 0.6 is 0 Å². The summed E-state index contributed by atoms with van der Waals surface area (Å²) in [5.74, 6) is -0.492. The van der Waals surface area contributed by atoms with Crippen molar-refractivity contribution in [1.82, 2.24) is 14.5 Å². The molecule has 34 heavy (non-hydrogen) atoms. The van der Waals surface area contributed by atoms with Crippen molar-refractivity contribution in [2.45, 2.75) is 58.0 Å². The van der Waals surface area contributed by atoms with Crippen molar-refractivity contribution in [1.29, 1.82) is 0 Å². The minimum absolute atomic E-state index is 0.0741. The minimum Gasteiger partial charge on any atom is -0.495 e. The fourth-order valence-corrected chi connectivity index (χ4v) is 5.48. The molecule has 0 bridgehead atoms. The van der Waals surface area contributed by atoms with Crippen LogP contribution in [0.5, 0.6) is 5.75 Å². The van der Waals surface area contributed by atoms with Gasteiger partial charge in [0.05, 0.1) is 30.9 Å². The first kappa shape index (κ1) is 22.6. The zero-order chi connectivity index (χ0) is 24.0. The zero-order valence-electron chi connectivity index (χ0n) is 19.7. The molecule has 178 valence electrons. The highest BCUT2D eigenvalue weighted by atomic mass is 19.1. The number of nitrogens with zero attached hydrogens (tertiary/aromatic N) is 3. The lowest BCUT2D eigenvalue weighted by molar-refractivity contribution is -0.131. The number of ether oxygens (including phenoxy) is 1. The molecule has 2 saturated heterocycles. The Kier molecular flexibility index (Phi) is 5.88. The summed E-state index contributed by atoms with van der Waals surface area (Å²) in [6, 6.07) is 5.46. The molecule has 0 radical (unpaired) electrons. The fourth-order valence-electron chi connectivity index (χ4n) is 5.48. The van der Waals surface area contributed by atoms with Crippen molar-refractivity contribution in [3.05, 3.63) is 70.9 Å². The Hall–Kier alpha value is -3.22. The third-order valence-corrected chi connectivity index (χ3v) is 7.17. The smallest absolute Gasteiger partial charge is 0.250 e.